The predicted octanol–water partition coefficient (Wildman–Crippen LogP) is 9.43. The average molecular weight is 876 g/mol. The number of rotatable bonds is 7. The Bertz CT molecular complexity index is 2230. The first-order chi connectivity index (χ1) is 25.6. The van der Waals surface area contributed by atoms with Gasteiger partial charge in [-0.3, -0.25) is 0 Å². The van der Waals surface area contributed by atoms with Crippen LogP contribution in [0.5, 0.6) is 0 Å². The smallest absolute Gasteiger partial charge is 0.202 e. The summed E-state index contributed by atoms with van der Waals surface area (Å²) in [5.41, 5.74) is -1.06. The molecule has 6 rings (SSSR count). The molecule has 0 fully saturated rings. The maximum atomic E-state index is 14.4. The summed E-state index contributed by atoms with van der Waals surface area (Å²) in [6.45, 7) is 6.70. The van der Waals surface area contributed by atoms with E-state index in [0.29, 0.717) is 5.56 Å². The van der Waals surface area contributed by atoms with E-state index in [9.17, 15) is 43.2 Å². The van der Waals surface area contributed by atoms with Crippen LogP contribution >= 0.6 is 15.9 Å². The second-order valence-electron chi connectivity index (χ2n) is 13.7. The van der Waals surface area contributed by atoms with E-state index in [1.807, 2.05) is 0 Å². The molecule has 0 N–H and O–H groups in total. The van der Waals surface area contributed by atoms with E-state index in [1.165, 1.54) is 30.3 Å². The molecule has 2 aliphatic rings. The number of halogens is 7. The van der Waals surface area contributed by atoms with Crippen molar-refractivity contribution in [2.75, 3.05) is 0 Å². The molecule has 0 spiro atoms. The second kappa shape index (κ2) is 17.7. The maximum absolute atomic E-state index is 14.4. The second-order valence-corrected chi connectivity index (χ2v) is 18.4. The van der Waals surface area contributed by atoms with Crippen LogP contribution in [0, 0.1) is 34.9 Å². The third-order valence-corrected chi connectivity index (χ3v) is 12.4. The highest BCUT2D eigenvalue weighted by molar-refractivity contribution is 9.08. The van der Waals surface area contributed by atoms with Gasteiger partial charge in [-0.05, 0) is 93.8 Å². The number of sulfone groups is 2. The monoisotopic (exact) mass is 874 g/mol. The highest BCUT2D eigenvalue weighted by atomic mass is 79.9. The molecule has 2 heterocycles. The minimum atomic E-state index is -4.23. The van der Waals surface area contributed by atoms with Crippen LogP contribution in [0.25, 0.3) is 0 Å². The molecule has 0 bridgehead atoms. The zero-order chi connectivity index (χ0) is 40.8. The standard InChI is InChI=1S/C19H18F3NO3S.C12H13F2NO3S.C7H6BrF/c1-19(2)11-17(23-26-19)27(24,25)16(10-12-6-8-13(20)9-7-12)18-14(21)4-3-5-15(18)22;1-12(2)6-11(15-18-12)19(16,17)7-8-9(13)4-3-5-10(8)14;8-5-6-1-3-7(9)4-2-6/h3-9,16H,10-11H2,1-2H3;3-5H,6-7H2,1-2H3;1-4H,5H2. The number of oxime groups is 2. The molecule has 4 aromatic rings. The quantitative estimate of drug-likeness (QED) is 0.135. The first-order valence-corrected chi connectivity index (χ1v) is 20.8. The minimum absolute atomic E-state index is 0.00861. The Hall–Kier alpha value is -4.22. The van der Waals surface area contributed by atoms with Crippen molar-refractivity contribution in [3.63, 3.8) is 0 Å². The Morgan fingerprint density at radius 3 is 1.47 bits per heavy atom. The average Bonchev–Trinajstić information content (AvgIpc) is 3.69. The third kappa shape index (κ3) is 11.6. The SMILES string of the molecule is CC1(C)CC(S(=O)(=O)C(Cc2ccc(F)cc2)c2c(F)cccc2F)=NO1.CC1(C)CC(S(=O)(=O)Cc2c(F)cccc2F)=NO1.Fc1ccc(CBr)cc1. The van der Waals surface area contributed by atoms with E-state index in [2.05, 4.69) is 26.2 Å². The first kappa shape index (κ1) is 43.5. The molecule has 4 aromatic carbocycles. The van der Waals surface area contributed by atoms with Gasteiger partial charge in [-0.25, -0.2) is 43.2 Å². The fraction of sp³-hybridized carbons (Fsp3) is 0.316. The molecule has 0 aliphatic carbocycles. The summed E-state index contributed by atoms with van der Waals surface area (Å²) >= 11 is 3.26. The van der Waals surface area contributed by atoms with E-state index in [1.54, 1.807) is 39.8 Å². The molecular weight excluding hydrogens is 838 g/mol. The summed E-state index contributed by atoms with van der Waals surface area (Å²) in [5, 5.41) is 5.93. The van der Waals surface area contributed by atoms with Crippen LogP contribution in [0.3, 0.4) is 0 Å². The molecular formula is C38H37BrF6N2O6S2. The lowest BCUT2D eigenvalue weighted by Crippen LogP contribution is -2.28. The van der Waals surface area contributed by atoms with Gasteiger partial charge in [0.2, 0.25) is 9.84 Å². The van der Waals surface area contributed by atoms with Gasteiger partial charge in [-0.15, -0.1) is 0 Å². The Morgan fingerprint density at radius 2 is 1.05 bits per heavy atom. The van der Waals surface area contributed by atoms with Crippen molar-refractivity contribution in [2.45, 2.75) is 74.5 Å². The Balaban J connectivity index is 0.000000207. The topological polar surface area (TPSA) is 111 Å². The van der Waals surface area contributed by atoms with Gasteiger partial charge >= 0.3 is 0 Å². The van der Waals surface area contributed by atoms with Gasteiger partial charge in [0.1, 0.15) is 51.4 Å². The van der Waals surface area contributed by atoms with Gasteiger partial charge in [0.05, 0.1) is 5.75 Å². The molecule has 1 atom stereocenters. The van der Waals surface area contributed by atoms with Crippen molar-refractivity contribution in [3.8, 4) is 0 Å². The molecule has 1 unspecified atom stereocenters. The number of hydrogen-bond acceptors (Lipinski definition) is 8. The number of benzene rings is 4. The normalized spacial score (nSPS) is 16.3. The molecule has 0 amide bonds. The molecule has 0 aromatic heterocycles. The van der Waals surface area contributed by atoms with Gasteiger partial charge in [-0.1, -0.05) is 62.6 Å². The van der Waals surface area contributed by atoms with Crippen molar-refractivity contribution < 1.29 is 52.9 Å². The van der Waals surface area contributed by atoms with E-state index < -0.39 is 82.1 Å². The zero-order valence-corrected chi connectivity index (χ0v) is 33.2. The highest BCUT2D eigenvalue weighted by Gasteiger charge is 2.42. The van der Waals surface area contributed by atoms with Crippen molar-refractivity contribution in [1.82, 2.24) is 0 Å². The summed E-state index contributed by atoms with van der Waals surface area (Å²) in [6.07, 6.45) is -0.156. The lowest BCUT2D eigenvalue weighted by atomic mass is 10.0. The van der Waals surface area contributed by atoms with E-state index >= 15 is 0 Å². The lowest BCUT2D eigenvalue weighted by Gasteiger charge is -2.20. The Labute approximate surface area is 324 Å². The van der Waals surface area contributed by atoms with Gasteiger partial charge in [0, 0.05) is 29.3 Å². The molecule has 8 nitrogen and oxygen atoms in total. The Morgan fingerprint density at radius 1 is 0.636 bits per heavy atom. The number of hydrogen-bond donors (Lipinski definition) is 0. The summed E-state index contributed by atoms with van der Waals surface area (Å²) in [5.74, 6) is -5.15. The molecule has 0 saturated carbocycles. The largest absolute Gasteiger partial charge is 0.389 e. The lowest BCUT2D eigenvalue weighted by molar-refractivity contribution is 0.0120. The summed E-state index contributed by atoms with van der Waals surface area (Å²) in [7, 11) is -8.11. The van der Waals surface area contributed by atoms with E-state index in [0.717, 1.165) is 53.4 Å². The summed E-state index contributed by atoms with van der Waals surface area (Å²) < 4.78 is 132. The van der Waals surface area contributed by atoms with Crippen molar-refractivity contribution >= 4 is 45.7 Å². The van der Waals surface area contributed by atoms with Crippen molar-refractivity contribution in [3.05, 3.63) is 142 Å². The maximum Gasteiger partial charge on any atom is 0.202 e. The minimum Gasteiger partial charge on any atom is -0.389 e. The van der Waals surface area contributed by atoms with Crippen LogP contribution in [0.15, 0.2) is 95.2 Å². The van der Waals surface area contributed by atoms with Crippen LogP contribution in [-0.4, -0.2) is 38.1 Å². The van der Waals surface area contributed by atoms with Gasteiger partial charge in [-0.2, -0.15) is 0 Å². The van der Waals surface area contributed by atoms with Gasteiger partial charge in [0.25, 0.3) is 0 Å². The van der Waals surface area contributed by atoms with Crippen molar-refractivity contribution in [2.24, 2.45) is 10.3 Å². The summed E-state index contributed by atoms with van der Waals surface area (Å²) in [4.78, 5) is 10.1. The van der Waals surface area contributed by atoms with Crippen LogP contribution in [-0.2, 0) is 46.9 Å². The van der Waals surface area contributed by atoms with Gasteiger partial charge in [0.15, 0.2) is 19.9 Å². The van der Waals surface area contributed by atoms with Crippen LogP contribution in [0.1, 0.15) is 68.0 Å². The van der Waals surface area contributed by atoms with E-state index in [-0.39, 0.29) is 35.2 Å². The third-order valence-electron chi connectivity index (χ3n) is 8.12. The predicted molar refractivity (Wildman–Crippen MR) is 201 cm³/mol. The molecule has 55 heavy (non-hydrogen) atoms. The summed E-state index contributed by atoms with van der Waals surface area (Å²) in [6, 6.07) is 17.9. The van der Waals surface area contributed by atoms with Crippen LogP contribution < -0.4 is 0 Å². The highest BCUT2D eigenvalue weighted by Crippen LogP contribution is 2.36. The fourth-order valence-corrected chi connectivity index (χ4v) is 9.11. The molecule has 296 valence electrons. The van der Waals surface area contributed by atoms with E-state index in [4.69, 9.17) is 9.68 Å². The number of alkyl halides is 1. The van der Waals surface area contributed by atoms with Crippen molar-refractivity contribution in [1.29, 1.82) is 0 Å². The van der Waals surface area contributed by atoms with Crippen LogP contribution in [0.2, 0.25) is 0 Å². The zero-order valence-electron chi connectivity index (χ0n) is 30.0. The van der Waals surface area contributed by atoms with Gasteiger partial charge < -0.3 is 9.68 Å². The number of nitrogens with zero attached hydrogens (tertiary/aromatic N) is 2. The van der Waals surface area contributed by atoms with Crippen LogP contribution in [0.4, 0.5) is 26.3 Å². The first-order valence-electron chi connectivity index (χ1n) is 16.5. The molecule has 0 saturated heterocycles. The Kier molecular flexibility index (Phi) is 14.0. The molecule has 17 heteroatoms. The molecule has 2 aliphatic heterocycles. The fourth-order valence-electron chi connectivity index (χ4n) is 5.23. The molecule has 0 radical (unpaired) electrons.